The third-order valence-electron chi connectivity index (χ3n) is 3.19. The van der Waals surface area contributed by atoms with Crippen molar-refractivity contribution in [2.24, 2.45) is 0 Å². The quantitative estimate of drug-likeness (QED) is 0.813. The van der Waals surface area contributed by atoms with Gasteiger partial charge in [-0.2, -0.15) is 0 Å². The van der Waals surface area contributed by atoms with E-state index < -0.39 is 6.10 Å². The Balaban J connectivity index is 1.73. The Morgan fingerprint density at radius 2 is 2.23 bits per heavy atom. The number of imidazole rings is 1. The second-order valence-corrected chi connectivity index (χ2v) is 5.73. The molecule has 0 saturated heterocycles. The normalized spacial score (nSPS) is 12.1. The van der Waals surface area contributed by atoms with Crippen molar-refractivity contribution >= 4 is 29.1 Å². The van der Waals surface area contributed by atoms with E-state index in [-0.39, 0.29) is 12.5 Å². The molecule has 0 bridgehead atoms. The van der Waals surface area contributed by atoms with Crippen molar-refractivity contribution in [3.63, 3.8) is 0 Å². The van der Waals surface area contributed by atoms with Gasteiger partial charge in [-0.05, 0) is 18.6 Å². The van der Waals surface area contributed by atoms with Crippen LogP contribution in [0.25, 0.3) is 0 Å². The molecule has 1 atom stereocenters. The summed E-state index contributed by atoms with van der Waals surface area (Å²) in [4.78, 5) is 15.7. The summed E-state index contributed by atoms with van der Waals surface area (Å²) in [5, 5.41) is 13.6. The van der Waals surface area contributed by atoms with Gasteiger partial charge in [0.05, 0.1) is 12.4 Å². The fraction of sp³-hybridized carbons (Fsp3) is 0.333. The molecule has 5 nitrogen and oxygen atoms in total. The first-order chi connectivity index (χ1) is 10.6. The van der Waals surface area contributed by atoms with Gasteiger partial charge in [-0.1, -0.05) is 29.3 Å². The summed E-state index contributed by atoms with van der Waals surface area (Å²) in [6.45, 7) is 0.851. The van der Waals surface area contributed by atoms with Crippen LogP contribution in [-0.2, 0) is 11.3 Å². The van der Waals surface area contributed by atoms with Crippen LogP contribution in [-0.4, -0.2) is 27.1 Å². The fourth-order valence-electron chi connectivity index (χ4n) is 2.02. The lowest BCUT2D eigenvalue weighted by Crippen LogP contribution is -2.28. The van der Waals surface area contributed by atoms with Crippen LogP contribution in [0.15, 0.2) is 36.9 Å². The molecule has 2 N–H and O–H groups in total. The largest absolute Gasteiger partial charge is 0.387 e. The molecule has 0 aliphatic carbocycles. The van der Waals surface area contributed by atoms with Gasteiger partial charge < -0.3 is 15.0 Å². The number of rotatable bonds is 7. The number of hydrogen-bond donors (Lipinski definition) is 2. The number of nitrogens with zero attached hydrogens (tertiary/aromatic N) is 2. The van der Waals surface area contributed by atoms with E-state index in [2.05, 4.69) is 10.3 Å². The van der Waals surface area contributed by atoms with Crippen LogP contribution in [0.5, 0.6) is 0 Å². The molecule has 22 heavy (non-hydrogen) atoms. The van der Waals surface area contributed by atoms with Crippen molar-refractivity contribution in [3.05, 3.63) is 52.5 Å². The van der Waals surface area contributed by atoms with Crippen molar-refractivity contribution in [1.82, 2.24) is 14.9 Å². The third-order valence-corrected chi connectivity index (χ3v) is 3.76. The Bertz CT molecular complexity index is 617. The second-order valence-electron chi connectivity index (χ2n) is 4.89. The summed E-state index contributed by atoms with van der Waals surface area (Å²) >= 11 is 11.8. The number of nitrogens with one attached hydrogen (secondary N) is 1. The number of carbonyl (C=O) groups is 1. The van der Waals surface area contributed by atoms with Gasteiger partial charge in [0, 0.05) is 47.5 Å². The average Bonchev–Trinajstić information content (AvgIpc) is 2.98. The summed E-state index contributed by atoms with van der Waals surface area (Å²) in [5.41, 5.74) is 0.546. The summed E-state index contributed by atoms with van der Waals surface area (Å²) in [5.74, 6) is -0.107. The second kappa shape index (κ2) is 8.17. The highest BCUT2D eigenvalue weighted by molar-refractivity contribution is 6.35. The van der Waals surface area contributed by atoms with Gasteiger partial charge in [-0.3, -0.25) is 4.79 Å². The molecular weight excluding hydrogens is 325 g/mol. The van der Waals surface area contributed by atoms with Crippen LogP contribution in [0.4, 0.5) is 0 Å². The number of aliphatic hydroxyl groups excluding tert-OH is 1. The van der Waals surface area contributed by atoms with Gasteiger partial charge in [-0.25, -0.2) is 4.98 Å². The minimum absolute atomic E-state index is 0.107. The highest BCUT2D eigenvalue weighted by Crippen LogP contribution is 2.25. The Kier molecular flexibility index (Phi) is 6.24. The molecule has 1 aromatic carbocycles. The van der Waals surface area contributed by atoms with Crippen molar-refractivity contribution in [1.29, 1.82) is 0 Å². The first-order valence-electron chi connectivity index (χ1n) is 6.91. The molecule has 0 spiro atoms. The number of amides is 1. The molecule has 0 radical (unpaired) electrons. The lowest BCUT2D eigenvalue weighted by atomic mass is 10.1. The van der Waals surface area contributed by atoms with E-state index in [9.17, 15) is 9.90 Å². The molecule has 1 aromatic heterocycles. The predicted molar refractivity (Wildman–Crippen MR) is 85.9 cm³/mol. The lowest BCUT2D eigenvalue weighted by Gasteiger charge is -2.14. The van der Waals surface area contributed by atoms with Crippen molar-refractivity contribution in [2.45, 2.75) is 25.5 Å². The van der Waals surface area contributed by atoms with Gasteiger partial charge in [0.2, 0.25) is 5.91 Å². The summed E-state index contributed by atoms with van der Waals surface area (Å²) in [7, 11) is 0. The van der Waals surface area contributed by atoms with Crippen LogP contribution in [0.3, 0.4) is 0 Å². The number of benzene rings is 1. The first-order valence-corrected chi connectivity index (χ1v) is 7.67. The van der Waals surface area contributed by atoms with Crippen molar-refractivity contribution in [2.75, 3.05) is 6.54 Å². The minimum Gasteiger partial charge on any atom is -0.387 e. The highest BCUT2D eigenvalue weighted by atomic mass is 35.5. The van der Waals surface area contributed by atoms with Crippen LogP contribution >= 0.6 is 23.2 Å². The number of hydrogen-bond acceptors (Lipinski definition) is 3. The van der Waals surface area contributed by atoms with Crippen LogP contribution in [0.2, 0.25) is 10.0 Å². The maximum Gasteiger partial charge on any atom is 0.220 e. The van der Waals surface area contributed by atoms with Gasteiger partial charge in [0.1, 0.15) is 0 Å². The molecular formula is C15H17Cl2N3O2. The maximum absolute atomic E-state index is 11.7. The molecule has 2 rings (SSSR count). The van der Waals surface area contributed by atoms with Gasteiger partial charge in [0.25, 0.3) is 0 Å². The predicted octanol–water partition coefficient (Wildman–Crippen LogP) is 2.82. The smallest absolute Gasteiger partial charge is 0.220 e. The van der Waals surface area contributed by atoms with E-state index in [4.69, 9.17) is 23.2 Å². The van der Waals surface area contributed by atoms with E-state index >= 15 is 0 Å². The molecule has 0 unspecified atom stereocenters. The molecule has 0 aliphatic rings. The number of aryl methyl sites for hydroxylation is 1. The Labute approximate surface area is 138 Å². The van der Waals surface area contributed by atoms with Gasteiger partial charge >= 0.3 is 0 Å². The van der Waals surface area contributed by atoms with E-state index in [1.807, 2.05) is 10.8 Å². The lowest BCUT2D eigenvalue weighted by molar-refractivity contribution is -0.121. The van der Waals surface area contributed by atoms with E-state index in [1.54, 1.807) is 30.7 Å². The number of halogens is 2. The minimum atomic E-state index is -0.859. The van der Waals surface area contributed by atoms with Crippen LogP contribution in [0.1, 0.15) is 24.5 Å². The molecule has 7 heteroatoms. The zero-order chi connectivity index (χ0) is 15.9. The molecule has 2 aromatic rings. The van der Waals surface area contributed by atoms with Crippen LogP contribution < -0.4 is 5.32 Å². The molecule has 0 aliphatic heterocycles. The van der Waals surface area contributed by atoms with E-state index in [0.29, 0.717) is 28.5 Å². The van der Waals surface area contributed by atoms with Gasteiger partial charge in [0.15, 0.2) is 0 Å². The summed E-state index contributed by atoms with van der Waals surface area (Å²) in [6.07, 6.45) is 5.50. The molecule has 0 fully saturated rings. The maximum atomic E-state index is 11.7. The zero-order valence-electron chi connectivity index (χ0n) is 11.9. The Morgan fingerprint density at radius 3 is 2.91 bits per heavy atom. The topological polar surface area (TPSA) is 67.2 Å². The third kappa shape index (κ3) is 5.02. The molecule has 0 saturated carbocycles. The van der Waals surface area contributed by atoms with Gasteiger partial charge in [-0.15, -0.1) is 0 Å². The number of aliphatic hydroxyl groups is 1. The SMILES string of the molecule is O=C(CCCn1ccnc1)NC[C@@H](O)c1ccc(Cl)cc1Cl. The fourth-order valence-corrected chi connectivity index (χ4v) is 2.56. The molecule has 1 amide bonds. The average molecular weight is 342 g/mol. The van der Waals surface area contributed by atoms with Crippen molar-refractivity contribution in [3.8, 4) is 0 Å². The van der Waals surface area contributed by atoms with E-state index in [0.717, 1.165) is 6.54 Å². The molecule has 118 valence electrons. The molecule has 1 heterocycles. The summed E-state index contributed by atoms with van der Waals surface area (Å²) in [6, 6.07) is 4.87. The first kappa shape index (κ1) is 16.8. The number of carbonyl (C=O) groups excluding carboxylic acids is 1. The standard InChI is InChI=1S/C15H17Cl2N3O2/c16-11-3-4-12(13(17)8-11)14(21)9-19-15(22)2-1-6-20-7-5-18-10-20/h3-5,7-8,10,14,21H,1-2,6,9H2,(H,19,22)/t14-/m1/s1. The Morgan fingerprint density at radius 1 is 1.41 bits per heavy atom. The Hall–Kier alpha value is -1.56. The van der Waals surface area contributed by atoms with Crippen LogP contribution in [0, 0.1) is 0 Å². The highest BCUT2D eigenvalue weighted by Gasteiger charge is 2.13. The van der Waals surface area contributed by atoms with E-state index in [1.165, 1.54) is 0 Å². The zero-order valence-corrected chi connectivity index (χ0v) is 13.4. The number of aromatic nitrogens is 2. The monoisotopic (exact) mass is 341 g/mol. The van der Waals surface area contributed by atoms with Crippen molar-refractivity contribution < 1.29 is 9.90 Å². The summed E-state index contributed by atoms with van der Waals surface area (Å²) < 4.78 is 1.91.